The van der Waals surface area contributed by atoms with Crippen molar-refractivity contribution in [2.24, 2.45) is 0 Å². The summed E-state index contributed by atoms with van der Waals surface area (Å²) in [6.07, 6.45) is 1.33. The fourth-order valence-electron chi connectivity index (χ4n) is 3.15. The summed E-state index contributed by atoms with van der Waals surface area (Å²) in [5, 5.41) is 0. The molecule has 2 saturated heterocycles. The summed E-state index contributed by atoms with van der Waals surface area (Å²) in [5.41, 5.74) is 0.691. The summed E-state index contributed by atoms with van der Waals surface area (Å²) in [6.45, 7) is 7.91. The molecule has 0 aliphatic carbocycles. The first kappa shape index (κ1) is 21.9. The van der Waals surface area contributed by atoms with Crippen molar-refractivity contribution < 1.29 is 28.4 Å². The molecule has 1 aromatic rings. The molecule has 0 aromatic carbocycles. The lowest BCUT2D eigenvalue weighted by molar-refractivity contribution is -0.145. The number of anilines is 1. The molecule has 0 spiro atoms. The number of hydrogen-bond acceptors (Lipinski definition) is 9. The molecule has 0 atom stereocenters. The van der Waals surface area contributed by atoms with Crippen LogP contribution in [-0.4, -0.2) is 91.9 Å². The van der Waals surface area contributed by atoms with E-state index in [9.17, 15) is 14.4 Å². The Morgan fingerprint density at radius 1 is 1.07 bits per heavy atom. The van der Waals surface area contributed by atoms with Crippen molar-refractivity contribution >= 4 is 36.4 Å². The van der Waals surface area contributed by atoms with E-state index in [1.165, 1.54) is 4.90 Å². The van der Waals surface area contributed by atoms with Gasteiger partial charge in [-0.15, -0.1) is 0 Å². The van der Waals surface area contributed by atoms with Crippen molar-refractivity contribution in [1.29, 1.82) is 0 Å². The highest BCUT2D eigenvalue weighted by atomic mass is 16.6. The van der Waals surface area contributed by atoms with Gasteiger partial charge < -0.3 is 23.8 Å². The Labute approximate surface area is 176 Å². The zero-order valence-electron chi connectivity index (χ0n) is 17.8. The lowest BCUT2D eigenvalue weighted by atomic mass is 9.83. The van der Waals surface area contributed by atoms with Crippen molar-refractivity contribution in [2.75, 3.05) is 51.2 Å². The van der Waals surface area contributed by atoms with E-state index in [0.717, 1.165) is 5.69 Å². The molecule has 0 saturated carbocycles. The van der Waals surface area contributed by atoms with Gasteiger partial charge in [-0.2, -0.15) is 0 Å². The van der Waals surface area contributed by atoms with E-state index in [1.807, 2.05) is 26.8 Å². The number of pyridine rings is 1. The molecule has 10 nitrogen and oxygen atoms in total. The number of hydrogen-bond donors (Lipinski definition) is 0. The summed E-state index contributed by atoms with van der Waals surface area (Å²) < 4.78 is 15.9. The van der Waals surface area contributed by atoms with Gasteiger partial charge in [0.15, 0.2) is 0 Å². The lowest BCUT2D eigenvalue weighted by Crippen LogP contribution is -2.50. The molecule has 2 aliphatic rings. The second-order valence-corrected chi connectivity index (χ2v) is 8.38. The Hall–Kier alpha value is -2.82. The number of rotatable bonds is 2. The molecule has 0 N–H and O–H groups in total. The van der Waals surface area contributed by atoms with Crippen molar-refractivity contribution in [3.8, 4) is 0 Å². The maximum atomic E-state index is 12.2. The Morgan fingerprint density at radius 2 is 1.67 bits per heavy atom. The summed E-state index contributed by atoms with van der Waals surface area (Å²) >= 11 is 0. The standard InChI is InChI=1S/C19H27BN4O6/c1-19(2,3)28-18(27)24-9-7-23(8-10-24)14-5-6-15(21-11-14)20-29-16(25)12-22(4)13-17(26)30-20/h5-6,11H,7-10,12-13H2,1-4H3. The highest BCUT2D eigenvalue weighted by Gasteiger charge is 2.35. The Morgan fingerprint density at radius 3 is 2.17 bits per heavy atom. The second kappa shape index (κ2) is 8.91. The van der Waals surface area contributed by atoms with E-state index < -0.39 is 24.7 Å². The van der Waals surface area contributed by atoms with Crippen LogP contribution in [0.1, 0.15) is 20.8 Å². The van der Waals surface area contributed by atoms with Gasteiger partial charge in [0.1, 0.15) is 11.2 Å². The van der Waals surface area contributed by atoms with E-state index >= 15 is 0 Å². The minimum atomic E-state index is -1.16. The Bertz CT molecular complexity index is 769. The van der Waals surface area contributed by atoms with Crippen LogP contribution in [0.2, 0.25) is 0 Å². The predicted molar refractivity (Wildman–Crippen MR) is 109 cm³/mol. The molecule has 162 valence electrons. The molecule has 0 bridgehead atoms. The Kier molecular flexibility index (Phi) is 6.50. The summed E-state index contributed by atoms with van der Waals surface area (Å²) in [4.78, 5) is 45.6. The minimum absolute atomic E-state index is 0.00557. The van der Waals surface area contributed by atoms with Crippen LogP contribution in [0.15, 0.2) is 18.3 Å². The second-order valence-electron chi connectivity index (χ2n) is 8.38. The quantitative estimate of drug-likeness (QED) is 0.608. The van der Waals surface area contributed by atoms with Crippen LogP contribution in [0.4, 0.5) is 10.5 Å². The molecule has 2 aliphatic heterocycles. The van der Waals surface area contributed by atoms with Crippen LogP contribution in [0.3, 0.4) is 0 Å². The zero-order chi connectivity index (χ0) is 21.9. The van der Waals surface area contributed by atoms with E-state index in [1.54, 1.807) is 24.2 Å². The summed E-state index contributed by atoms with van der Waals surface area (Å²) in [7, 11) is 0.482. The Balaban J connectivity index is 1.59. The van der Waals surface area contributed by atoms with E-state index in [0.29, 0.717) is 31.8 Å². The minimum Gasteiger partial charge on any atom is -0.493 e. The topological polar surface area (TPSA) is 102 Å². The number of carbonyl (C=O) groups is 3. The first-order chi connectivity index (χ1) is 14.1. The van der Waals surface area contributed by atoms with Crippen molar-refractivity contribution in [3.05, 3.63) is 18.3 Å². The molecular weight excluding hydrogens is 391 g/mol. The largest absolute Gasteiger partial charge is 0.656 e. The van der Waals surface area contributed by atoms with Crippen LogP contribution < -0.4 is 10.5 Å². The molecule has 3 heterocycles. The number of carbonyl (C=O) groups excluding carboxylic acids is 3. The normalized spacial score (nSPS) is 19.0. The van der Waals surface area contributed by atoms with Gasteiger partial charge in [-0.25, -0.2) is 4.79 Å². The molecule has 30 heavy (non-hydrogen) atoms. The van der Waals surface area contributed by atoms with Gasteiger partial charge in [0, 0.05) is 32.4 Å². The van der Waals surface area contributed by atoms with Crippen LogP contribution in [0, 0.1) is 0 Å². The fourth-order valence-corrected chi connectivity index (χ4v) is 3.15. The molecule has 0 radical (unpaired) electrons. The third-order valence-corrected chi connectivity index (χ3v) is 4.58. The average molecular weight is 418 g/mol. The third kappa shape index (κ3) is 5.85. The first-order valence-electron chi connectivity index (χ1n) is 9.87. The monoisotopic (exact) mass is 418 g/mol. The first-order valence-corrected chi connectivity index (χ1v) is 9.87. The molecule has 11 heteroatoms. The van der Waals surface area contributed by atoms with Crippen molar-refractivity contribution in [2.45, 2.75) is 26.4 Å². The fraction of sp³-hybridized carbons (Fsp3) is 0.579. The highest BCUT2D eigenvalue weighted by Crippen LogP contribution is 2.16. The molecule has 2 fully saturated rings. The van der Waals surface area contributed by atoms with Gasteiger partial charge in [0.2, 0.25) is 0 Å². The molecule has 1 aromatic heterocycles. The maximum absolute atomic E-state index is 12.2. The van der Waals surface area contributed by atoms with Crippen LogP contribution >= 0.6 is 0 Å². The summed E-state index contributed by atoms with van der Waals surface area (Å²) in [6, 6.07) is 3.50. The van der Waals surface area contributed by atoms with E-state index in [4.69, 9.17) is 14.0 Å². The molecular formula is C19H27BN4O6. The third-order valence-electron chi connectivity index (χ3n) is 4.58. The lowest BCUT2D eigenvalue weighted by Gasteiger charge is -2.36. The van der Waals surface area contributed by atoms with Gasteiger partial charge in [0.25, 0.3) is 0 Å². The van der Waals surface area contributed by atoms with Gasteiger partial charge in [-0.3, -0.25) is 19.5 Å². The van der Waals surface area contributed by atoms with E-state index in [2.05, 4.69) is 9.88 Å². The number of nitrogens with zero attached hydrogens (tertiary/aromatic N) is 4. The van der Waals surface area contributed by atoms with Crippen molar-refractivity contribution in [1.82, 2.24) is 14.8 Å². The number of likely N-dealkylation sites (N-methyl/N-ethyl adjacent to an activating group) is 1. The highest BCUT2D eigenvalue weighted by molar-refractivity contribution is 6.63. The maximum Gasteiger partial charge on any atom is 0.656 e. The summed E-state index contributed by atoms with van der Waals surface area (Å²) in [5.74, 6) is -0.974. The smallest absolute Gasteiger partial charge is 0.493 e. The molecule has 3 rings (SSSR count). The van der Waals surface area contributed by atoms with Crippen LogP contribution in [0.5, 0.6) is 0 Å². The van der Waals surface area contributed by atoms with Gasteiger partial charge in [-0.05, 0) is 40.0 Å². The number of aromatic nitrogens is 1. The molecule has 1 amide bonds. The van der Waals surface area contributed by atoms with Crippen LogP contribution in [-0.2, 0) is 23.6 Å². The zero-order valence-corrected chi connectivity index (χ0v) is 17.8. The van der Waals surface area contributed by atoms with Crippen LogP contribution in [0.25, 0.3) is 0 Å². The number of amides is 1. The molecule has 0 unspecified atom stereocenters. The van der Waals surface area contributed by atoms with Crippen molar-refractivity contribution in [3.63, 3.8) is 0 Å². The predicted octanol–water partition coefficient (Wildman–Crippen LogP) is -0.134. The van der Waals surface area contributed by atoms with E-state index in [-0.39, 0.29) is 19.2 Å². The van der Waals surface area contributed by atoms with Gasteiger partial charge >= 0.3 is 25.2 Å². The van der Waals surface area contributed by atoms with Gasteiger partial charge in [0.05, 0.1) is 18.8 Å². The SMILES string of the molecule is CN1CC(=O)OB(c2ccc(N3CCN(C(=O)OC(C)(C)C)CC3)cn2)OC(=O)C1. The number of ether oxygens (including phenoxy) is 1. The average Bonchev–Trinajstić information content (AvgIpc) is 2.65. The van der Waals surface area contributed by atoms with Gasteiger partial charge in [-0.1, -0.05) is 0 Å². The number of piperazine rings is 1.